The quantitative estimate of drug-likeness (QED) is 0.602. The van der Waals surface area contributed by atoms with Crippen LogP contribution in [0.25, 0.3) is 0 Å². The predicted molar refractivity (Wildman–Crippen MR) is 121 cm³/mol. The van der Waals surface area contributed by atoms with Gasteiger partial charge in [0, 0.05) is 24.4 Å². The van der Waals surface area contributed by atoms with E-state index in [1.54, 1.807) is 31.2 Å². The molecule has 2 heterocycles. The maximum absolute atomic E-state index is 12.5. The normalized spacial score (nSPS) is 14.2. The minimum absolute atomic E-state index is 0.0514. The first-order chi connectivity index (χ1) is 14.7. The number of aryl methyl sites for hydroxylation is 1. The molecule has 1 N–H and O–H groups in total. The fourth-order valence-electron chi connectivity index (χ4n) is 3.51. The first-order valence-corrected chi connectivity index (χ1v) is 12.8. The summed E-state index contributed by atoms with van der Waals surface area (Å²) in [6.45, 7) is 5.45. The third-order valence-corrected chi connectivity index (χ3v) is 8.13. The Morgan fingerprint density at radius 2 is 1.94 bits per heavy atom. The van der Waals surface area contributed by atoms with Crippen LogP contribution >= 0.6 is 11.3 Å². The molecule has 1 amide bonds. The number of sulfone groups is 1. The molecule has 0 fully saturated rings. The van der Waals surface area contributed by atoms with E-state index in [1.165, 1.54) is 11.3 Å². The Morgan fingerprint density at radius 3 is 2.61 bits per heavy atom. The number of nitrogens with one attached hydrogen (secondary N) is 1. The number of amides is 1. The Labute approximate surface area is 187 Å². The van der Waals surface area contributed by atoms with Crippen molar-refractivity contribution in [3.8, 4) is 0 Å². The second-order valence-corrected chi connectivity index (χ2v) is 10.9. The number of rotatable bonds is 8. The minimum atomic E-state index is -3.44. The topological polar surface area (TPSA) is 92.8 Å². The van der Waals surface area contributed by atoms with Crippen molar-refractivity contribution in [3.63, 3.8) is 0 Å². The average Bonchev–Trinajstić information content (AvgIpc) is 3.05. The van der Waals surface area contributed by atoms with Crippen LogP contribution in [0.5, 0.6) is 0 Å². The summed E-state index contributed by atoms with van der Waals surface area (Å²) in [4.78, 5) is 28.5. The molecule has 7 nitrogen and oxygen atoms in total. The van der Waals surface area contributed by atoms with Gasteiger partial charge >= 0.3 is 5.97 Å². The van der Waals surface area contributed by atoms with Gasteiger partial charge in [0.2, 0.25) is 5.91 Å². The molecule has 0 saturated heterocycles. The summed E-state index contributed by atoms with van der Waals surface area (Å²) in [6, 6.07) is 6.69. The summed E-state index contributed by atoms with van der Waals surface area (Å²) in [5.74, 6) is -0.849. The molecule has 1 aliphatic heterocycles. The average molecular weight is 465 g/mol. The Bertz CT molecular complexity index is 1060. The molecule has 0 radical (unpaired) electrons. The number of thiophene rings is 1. The first-order valence-electron chi connectivity index (χ1n) is 10.3. The number of ether oxygens (including phenoxy) is 1. The lowest BCUT2D eigenvalue weighted by molar-refractivity contribution is -0.116. The van der Waals surface area contributed by atoms with Crippen LogP contribution in [0.1, 0.15) is 46.1 Å². The van der Waals surface area contributed by atoms with Gasteiger partial charge in [0.1, 0.15) is 5.00 Å². The zero-order valence-electron chi connectivity index (χ0n) is 18.1. The second-order valence-electron chi connectivity index (χ2n) is 7.70. The van der Waals surface area contributed by atoms with Gasteiger partial charge in [0.05, 0.1) is 22.8 Å². The Balaban J connectivity index is 1.66. The fourth-order valence-corrected chi connectivity index (χ4v) is 6.16. The van der Waals surface area contributed by atoms with Gasteiger partial charge in [-0.05, 0) is 51.4 Å². The van der Waals surface area contributed by atoms with Crippen LogP contribution in [0.3, 0.4) is 0 Å². The predicted octanol–water partition coefficient (Wildman–Crippen LogP) is 3.41. The Kier molecular flexibility index (Phi) is 7.51. The molecule has 3 rings (SSSR count). The number of benzene rings is 1. The molecule has 1 aromatic heterocycles. The number of likely N-dealkylation sites (N-methyl/N-ethyl adjacent to an activating group) is 1. The summed E-state index contributed by atoms with van der Waals surface area (Å²) in [7, 11) is -1.43. The largest absolute Gasteiger partial charge is 0.462 e. The number of anilines is 1. The van der Waals surface area contributed by atoms with Gasteiger partial charge in [-0.25, -0.2) is 13.2 Å². The molecule has 0 unspecified atom stereocenters. The van der Waals surface area contributed by atoms with Gasteiger partial charge in [0.15, 0.2) is 9.84 Å². The number of nitrogens with zero attached hydrogens (tertiary/aromatic N) is 1. The first kappa shape index (κ1) is 23.4. The third kappa shape index (κ3) is 5.72. The van der Waals surface area contributed by atoms with E-state index in [4.69, 9.17) is 4.74 Å². The molecular weight excluding hydrogens is 436 g/mol. The maximum Gasteiger partial charge on any atom is 0.341 e. The highest BCUT2D eigenvalue weighted by Crippen LogP contribution is 2.37. The number of carbonyl (C=O) groups is 2. The van der Waals surface area contributed by atoms with Gasteiger partial charge in [-0.15, -0.1) is 11.3 Å². The second kappa shape index (κ2) is 9.93. The van der Waals surface area contributed by atoms with Gasteiger partial charge in [0.25, 0.3) is 0 Å². The van der Waals surface area contributed by atoms with Gasteiger partial charge in [-0.2, -0.15) is 0 Å². The SMILES string of the molecule is CCOC(=O)c1c(NC(=O)CCCS(=O)(=O)c2ccc(C)cc2)sc2c1CCN(C)C2. The molecule has 0 atom stereocenters. The summed E-state index contributed by atoms with van der Waals surface area (Å²) in [6.07, 6.45) is 0.974. The van der Waals surface area contributed by atoms with E-state index in [0.717, 1.165) is 35.5 Å². The Morgan fingerprint density at radius 1 is 1.23 bits per heavy atom. The standard InChI is InChI=1S/C22H28N2O5S2/c1-4-29-22(26)20-17-11-12-24(3)14-18(17)30-21(20)23-19(25)6-5-13-31(27,28)16-9-7-15(2)8-10-16/h7-10H,4-6,11-14H2,1-3H3,(H,23,25). The van der Waals surface area contributed by atoms with Crippen molar-refractivity contribution >= 4 is 38.1 Å². The van der Waals surface area contributed by atoms with E-state index in [2.05, 4.69) is 10.2 Å². The number of hydrogen-bond acceptors (Lipinski definition) is 7. The zero-order chi connectivity index (χ0) is 22.6. The molecule has 1 aliphatic rings. The number of carbonyl (C=O) groups excluding carboxylic acids is 2. The molecule has 0 saturated carbocycles. The summed E-state index contributed by atoms with van der Waals surface area (Å²) < 4.78 is 30.1. The van der Waals surface area contributed by atoms with Crippen LogP contribution in [0.2, 0.25) is 0 Å². The number of esters is 1. The van der Waals surface area contributed by atoms with Crippen molar-refractivity contribution in [1.29, 1.82) is 0 Å². The van der Waals surface area contributed by atoms with Crippen LogP contribution in [0, 0.1) is 6.92 Å². The summed E-state index contributed by atoms with van der Waals surface area (Å²) >= 11 is 1.39. The minimum Gasteiger partial charge on any atom is -0.462 e. The molecule has 9 heteroatoms. The highest BCUT2D eigenvalue weighted by Gasteiger charge is 2.28. The lowest BCUT2D eigenvalue weighted by Gasteiger charge is -2.22. The lowest BCUT2D eigenvalue weighted by atomic mass is 10.0. The van der Waals surface area contributed by atoms with E-state index in [9.17, 15) is 18.0 Å². The van der Waals surface area contributed by atoms with Crippen molar-refractivity contribution in [2.75, 3.05) is 31.3 Å². The van der Waals surface area contributed by atoms with Crippen LogP contribution < -0.4 is 5.32 Å². The summed E-state index contributed by atoms with van der Waals surface area (Å²) in [5.41, 5.74) is 2.37. The van der Waals surface area contributed by atoms with Crippen molar-refractivity contribution in [2.45, 2.75) is 44.6 Å². The van der Waals surface area contributed by atoms with Gasteiger partial charge < -0.3 is 15.0 Å². The van der Waals surface area contributed by atoms with Crippen molar-refractivity contribution in [3.05, 3.63) is 45.8 Å². The molecule has 0 aliphatic carbocycles. The Hall–Kier alpha value is -2.23. The van der Waals surface area contributed by atoms with Crippen LogP contribution in [0.4, 0.5) is 5.00 Å². The van der Waals surface area contributed by atoms with Crippen LogP contribution in [-0.2, 0) is 32.3 Å². The van der Waals surface area contributed by atoms with Gasteiger partial charge in [-0.3, -0.25) is 4.79 Å². The van der Waals surface area contributed by atoms with E-state index < -0.39 is 15.8 Å². The van der Waals surface area contributed by atoms with Crippen LogP contribution in [0.15, 0.2) is 29.2 Å². The van der Waals surface area contributed by atoms with E-state index in [0.29, 0.717) is 10.6 Å². The third-order valence-electron chi connectivity index (χ3n) is 5.18. The highest BCUT2D eigenvalue weighted by molar-refractivity contribution is 7.91. The molecular formula is C22H28N2O5S2. The maximum atomic E-state index is 12.5. The van der Waals surface area contributed by atoms with E-state index >= 15 is 0 Å². The van der Waals surface area contributed by atoms with Crippen LogP contribution in [-0.4, -0.2) is 51.1 Å². The molecule has 0 bridgehead atoms. The molecule has 1 aromatic carbocycles. The fraction of sp³-hybridized carbons (Fsp3) is 0.455. The van der Waals surface area contributed by atoms with Crippen molar-refractivity contribution in [1.82, 2.24) is 4.90 Å². The molecule has 0 spiro atoms. The monoisotopic (exact) mass is 464 g/mol. The van der Waals surface area contributed by atoms with Gasteiger partial charge in [-0.1, -0.05) is 17.7 Å². The van der Waals surface area contributed by atoms with Crippen molar-refractivity contribution in [2.24, 2.45) is 0 Å². The molecule has 31 heavy (non-hydrogen) atoms. The van der Waals surface area contributed by atoms with E-state index in [1.807, 2.05) is 14.0 Å². The number of hydrogen-bond donors (Lipinski definition) is 1. The summed E-state index contributed by atoms with van der Waals surface area (Å²) in [5, 5.41) is 3.31. The van der Waals surface area contributed by atoms with Crippen molar-refractivity contribution < 1.29 is 22.7 Å². The smallest absolute Gasteiger partial charge is 0.341 e. The van der Waals surface area contributed by atoms with E-state index in [-0.39, 0.29) is 36.0 Å². The highest BCUT2D eigenvalue weighted by atomic mass is 32.2. The molecule has 2 aromatic rings. The lowest BCUT2D eigenvalue weighted by Crippen LogP contribution is -2.26. The number of fused-ring (bicyclic) bond motifs is 1. The molecule has 168 valence electrons. The zero-order valence-corrected chi connectivity index (χ0v) is 19.7.